The minimum atomic E-state index is -0.729. The Kier molecular flexibility index (Phi) is 4.50. The number of piperazine rings is 1. The van der Waals surface area contributed by atoms with Gasteiger partial charge >= 0.3 is 0 Å². The summed E-state index contributed by atoms with van der Waals surface area (Å²) >= 11 is 0. The van der Waals surface area contributed by atoms with Crippen molar-refractivity contribution >= 4 is 11.8 Å². The fourth-order valence-corrected chi connectivity index (χ4v) is 3.81. The van der Waals surface area contributed by atoms with Crippen molar-refractivity contribution in [3.63, 3.8) is 0 Å². The number of furan rings is 1. The number of nitrogens with one attached hydrogen (secondary N) is 1. The third kappa shape index (κ3) is 2.89. The van der Waals surface area contributed by atoms with Crippen molar-refractivity contribution in [2.45, 2.75) is 26.8 Å². The van der Waals surface area contributed by atoms with Gasteiger partial charge in [0.1, 0.15) is 11.8 Å². The van der Waals surface area contributed by atoms with Crippen LogP contribution in [0.2, 0.25) is 0 Å². The summed E-state index contributed by atoms with van der Waals surface area (Å²) in [6, 6.07) is 10.7. The molecule has 2 amide bonds. The van der Waals surface area contributed by atoms with Gasteiger partial charge in [0, 0.05) is 24.3 Å². The number of aromatic nitrogens is 2. The number of hydrogen-bond donors (Lipinski definition) is 1. The molecule has 1 aliphatic heterocycles. The maximum absolute atomic E-state index is 13.2. The summed E-state index contributed by atoms with van der Waals surface area (Å²) in [5.74, 6) is 0.139. The van der Waals surface area contributed by atoms with Gasteiger partial charge in [-0.3, -0.25) is 9.59 Å². The Bertz CT molecular complexity index is 1040. The normalized spacial score (nSPS) is 16.9. The number of nitrogens with zero attached hydrogens (tertiary/aromatic N) is 3. The Morgan fingerprint density at radius 1 is 1.18 bits per heavy atom. The summed E-state index contributed by atoms with van der Waals surface area (Å²) in [6.45, 7) is 6.39. The standard InChI is InChI=1S/C21H22N4O3/c1-13-18(14(2)25(23-13)16-7-5-4-6-8-16)19-20(26)22-10-11-24(19)21(27)17-9-12-28-15(17)3/h4-9,12,19H,10-11H2,1-3H3,(H,22,26). The highest BCUT2D eigenvalue weighted by Gasteiger charge is 2.39. The highest BCUT2D eigenvalue weighted by Crippen LogP contribution is 2.31. The maximum atomic E-state index is 13.2. The SMILES string of the molecule is Cc1nn(-c2ccccc2)c(C)c1C1C(=O)NCCN1C(=O)c1ccoc1C. The number of aryl methyl sites for hydroxylation is 2. The van der Waals surface area contributed by atoms with E-state index in [0.717, 1.165) is 22.6 Å². The number of para-hydroxylation sites is 1. The number of rotatable bonds is 3. The number of carbonyl (C=O) groups excluding carboxylic acids is 2. The molecular formula is C21H22N4O3. The maximum Gasteiger partial charge on any atom is 0.258 e. The van der Waals surface area contributed by atoms with Crippen LogP contribution < -0.4 is 5.32 Å². The molecule has 3 heterocycles. The van der Waals surface area contributed by atoms with Crippen molar-refractivity contribution in [1.82, 2.24) is 20.0 Å². The molecule has 144 valence electrons. The molecule has 0 saturated carbocycles. The van der Waals surface area contributed by atoms with Crippen LogP contribution in [0.5, 0.6) is 0 Å². The van der Waals surface area contributed by atoms with Crippen LogP contribution in [0.25, 0.3) is 5.69 Å². The molecule has 1 saturated heterocycles. The van der Waals surface area contributed by atoms with Gasteiger partial charge in [-0.05, 0) is 39.0 Å². The second-order valence-electron chi connectivity index (χ2n) is 6.91. The number of benzene rings is 1. The second-order valence-corrected chi connectivity index (χ2v) is 6.91. The molecule has 0 radical (unpaired) electrons. The van der Waals surface area contributed by atoms with Gasteiger partial charge in [0.15, 0.2) is 0 Å². The zero-order valence-corrected chi connectivity index (χ0v) is 16.1. The highest BCUT2D eigenvalue weighted by molar-refractivity contribution is 5.99. The summed E-state index contributed by atoms with van der Waals surface area (Å²) in [5, 5.41) is 7.53. The van der Waals surface area contributed by atoms with E-state index < -0.39 is 6.04 Å². The van der Waals surface area contributed by atoms with E-state index in [1.165, 1.54) is 6.26 Å². The van der Waals surface area contributed by atoms with Gasteiger partial charge < -0.3 is 14.6 Å². The zero-order valence-electron chi connectivity index (χ0n) is 16.1. The van der Waals surface area contributed by atoms with Crippen molar-refractivity contribution in [1.29, 1.82) is 0 Å². The van der Waals surface area contributed by atoms with Gasteiger partial charge in [-0.1, -0.05) is 18.2 Å². The van der Waals surface area contributed by atoms with E-state index in [-0.39, 0.29) is 11.8 Å². The molecule has 7 heteroatoms. The molecule has 0 spiro atoms. The largest absolute Gasteiger partial charge is 0.469 e. The molecule has 3 aromatic rings. The average Bonchev–Trinajstić information content (AvgIpc) is 3.25. The zero-order chi connectivity index (χ0) is 19.8. The molecule has 2 aromatic heterocycles. The topological polar surface area (TPSA) is 80.4 Å². The van der Waals surface area contributed by atoms with E-state index in [1.54, 1.807) is 17.9 Å². The molecule has 7 nitrogen and oxygen atoms in total. The highest BCUT2D eigenvalue weighted by atomic mass is 16.3. The lowest BCUT2D eigenvalue weighted by Crippen LogP contribution is -2.52. The Hall–Kier alpha value is -3.35. The van der Waals surface area contributed by atoms with Crippen molar-refractivity contribution in [2.24, 2.45) is 0 Å². The molecule has 1 unspecified atom stereocenters. The molecule has 1 N–H and O–H groups in total. The lowest BCUT2D eigenvalue weighted by molar-refractivity contribution is -0.128. The minimum Gasteiger partial charge on any atom is -0.469 e. The van der Waals surface area contributed by atoms with Crippen LogP contribution >= 0.6 is 0 Å². The van der Waals surface area contributed by atoms with Crippen molar-refractivity contribution in [3.05, 3.63) is 70.9 Å². The first-order valence-electron chi connectivity index (χ1n) is 9.23. The Balaban J connectivity index is 1.79. The van der Waals surface area contributed by atoms with Crippen LogP contribution in [0.1, 0.15) is 39.1 Å². The van der Waals surface area contributed by atoms with Crippen LogP contribution in [0.4, 0.5) is 0 Å². The van der Waals surface area contributed by atoms with Crippen LogP contribution in [-0.4, -0.2) is 39.6 Å². The van der Waals surface area contributed by atoms with Crippen LogP contribution in [-0.2, 0) is 4.79 Å². The summed E-state index contributed by atoms with van der Waals surface area (Å²) in [6.07, 6.45) is 1.49. The number of carbonyl (C=O) groups is 2. The average molecular weight is 378 g/mol. The van der Waals surface area contributed by atoms with Crippen LogP contribution in [0, 0.1) is 20.8 Å². The molecular weight excluding hydrogens is 356 g/mol. The van der Waals surface area contributed by atoms with E-state index in [1.807, 2.05) is 48.9 Å². The predicted octanol–water partition coefficient (Wildman–Crippen LogP) is 2.70. The molecule has 28 heavy (non-hydrogen) atoms. The summed E-state index contributed by atoms with van der Waals surface area (Å²) < 4.78 is 7.11. The first kappa shape index (κ1) is 18.0. The van der Waals surface area contributed by atoms with Gasteiger partial charge in [0.05, 0.1) is 23.2 Å². The molecule has 0 bridgehead atoms. The Morgan fingerprint density at radius 2 is 1.93 bits per heavy atom. The molecule has 1 atom stereocenters. The fourth-order valence-electron chi connectivity index (χ4n) is 3.81. The first-order chi connectivity index (χ1) is 13.5. The van der Waals surface area contributed by atoms with Crippen molar-refractivity contribution in [3.8, 4) is 5.69 Å². The second kappa shape index (κ2) is 6.99. The van der Waals surface area contributed by atoms with Crippen molar-refractivity contribution in [2.75, 3.05) is 13.1 Å². The fraction of sp³-hybridized carbons (Fsp3) is 0.286. The van der Waals surface area contributed by atoms with Crippen molar-refractivity contribution < 1.29 is 14.0 Å². The smallest absolute Gasteiger partial charge is 0.258 e. The predicted molar refractivity (Wildman–Crippen MR) is 103 cm³/mol. The molecule has 1 aromatic carbocycles. The summed E-state index contributed by atoms with van der Waals surface area (Å²) in [7, 11) is 0. The molecule has 4 rings (SSSR count). The molecule has 1 fully saturated rings. The van der Waals surface area contributed by atoms with Crippen LogP contribution in [0.3, 0.4) is 0 Å². The number of amides is 2. The van der Waals surface area contributed by atoms with Gasteiger partial charge in [-0.2, -0.15) is 5.10 Å². The minimum absolute atomic E-state index is 0.195. The van der Waals surface area contributed by atoms with Crippen LogP contribution in [0.15, 0.2) is 47.1 Å². The van der Waals surface area contributed by atoms with E-state index in [4.69, 9.17) is 4.42 Å². The van der Waals surface area contributed by atoms with E-state index in [0.29, 0.717) is 24.4 Å². The lowest BCUT2D eigenvalue weighted by atomic mass is 9.99. The van der Waals surface area contributed by atoms with E-state index in [2.05, 4.69) is 10.4 Å². The Morgan fingerprint density at radius 3 is 2.61 bits per heavy atom. The van der Waals surface area contributed by atoms with Gasteiger partial charge in [0.2, 0.25) is 5.91 Å². The van der Waals surface area contributed by atoms with Gasteiger partial charge in [-0.25, -0.2) is 4.68 Å². The third-order valence-electron chi connectivity index (χ3n) is 5.18. The lowest BCUT2D eigenvalue weighted by Gasteiger charge is -2.35. The molecule has 1 aliphatic rings. The third-order valence-corrected chi connectivity index (χ3v) is 5.18. The first-order valence-corrected chi connectivity index (χ1v) is 9.23. The number of hydrogen-bond acceptors (Lipinski definition) is 4. The quantitative estimate of drug-likeness (QED) is 0.760. The van der Waals surface area contributed by atoms with E-state index in [9.17, 15) is 9.59 Å². The monoisotopic (exact) mass is 378 g/mol. The van der Waals surface area contributed by atoms with Gasteiger partial charge in [0.25, 0.3) is 5.91 Å². The van der Waals surface area contributed by atoms with E-state index >= 15 is 0 Å². The summed E-state index contributed by atoms with van der Waals surface area (Å²) in [4.78, 5) is 27.6. The molecule has 0 aliphatic carbocycles. The summed E-state index contributed by atoms with van der Waals surface area (Å²) in [5.41, 5.74) is 3.72. The Labute approximate surface area is 162 Å². The van der Waals surface area contributed by atoms with Gasteiger partial charge in [-0.15, -0.1) is 0 Å².